The average Bonchev–Trinajstić information content (AvgIpc) is 3.44. The molecule has 0 aliphatic carbocycles. The van der Waals surface area contributed by atoms with Gasteiger partial charge >= 0.3 is 0 Å². The molecule has 0 saturated heterocycles. The first-order valence-electron chi connectivity index (χ1n) is 14.7. The lowest BCUT2D eigenvalue weighted by atomic mass is 10.0. The molecule has 6 aromatic carbocycles. The van der Waals surface area contributed by atoms with E-state index in [1.807, 2.05) is 42.7 Å². The van der Waals surface area contributed by atoms with Crippen LogP contribution in [0.4, 0.5) is 17.1 Å². The lowest BCUT2D eigenvalue weighted by Crippen LogP contribution is -2.09. The number of furan rings is 1. The molecule has 4 nitrogen and oxygen atoms in total. The van der Waals surface area contributed by atoms with Crippen molar-refractivity contribution in [2.45, 2.75) is 0 Å². The van der Waals surface area contributed by atoms with E-state index in [0.29, 0.717) is 5.71 Å². The minimum absolute atomic E-state index is 0.656. The van der Waals surface area contributed by atoms with Crippen LogP contribution in [0.25, 0.3) is 65.6 Å². The second kappa shape index (κ2) is 9.79. The third-order valence-corrected chi connectivity index (χ3v) is 8.50. The van der Waals surface area contributed by atoms with Crippen LogP contribution in [0.1, 0.15) is 0 Å². The van der Waals surface area contributed by atoms with Crippen molar-refractivity contribution in [2.24, 2.45) is 0 Å². The summed E-state index contributed by atoms with van der Waals surface area (Å²) in [4.78, 5) is 11.3. The largest absolute Gasteiger partial charge is 0.438 e. The van der Waals surface area contributed by atoms with Crippen molar-refractivity contribution in [3.05, 3.63) is 152 Å². The van der Waals surface area contributed by atoms with Gasteiger partial charge in [-0.1, -0.05) is 66.7 Å². The molecule has 0 N–H and O–H groups in total. The van der Waals surface area contributed by atoms with E-state index in [2.05, 4.69) is 119 Å². The summed E-state index contributed by atoms with van der Waals surface area (Å²) < 4.78 is 6.38. The Balaban J connectivity index is 1.22. The summed E-state index contributed by atoms with van der Waals surface area (Å²) in [7, 11) is 0. The highest BCUT2D eigenvalue weighted by molar-refractivity contribution is 6.08. The van der Waals surface area contributed by atoms with Crippen LogP contribution in [0, 0.1) is 0 Å². The first-order valence-corrected chi connectivity index (χ1v) is 14.7. The third-order valence-electron chi connectivity index (χ3n) is 8.50. The fourth-order valence-corrected chi connectivity index (χ4v) is 6.29. The number of hydrogen-bond donors (Lipinski definition) is 0. The van der Waals surface area contributed by atoms with Gasteiger partial charge in [-0.3, -0.25) is 4.98 Å². The van der Waals surface area contributed by atoms with Gasteiger partial charge in [-0.05, 0) is 99.4 Å². The molecular weight excluding hydrogens is 538 g/mol. The lowest BCUT2D eigenvalue weighted by molar-refractivity contribution is 0.656. The second-order valence-electron chi connectivity index (χ2n) is 11.2. The molecule has 206 valence electrons. The molecule has 0 radical (unpaired) electrons. The first kappa shape index (κ1) is 24.6. The molecule has 0 amide bonds. The minimum atomic E-state index is 0.656. The predicted molar refractivity (Wildman–Crippen MR) is 182 cm³/mol. The van der Waals surface area contributed by atoms with Crippen molar-refractivity contribution in [1.82, 2.24) is 9.97 Å². The Morgan fingerprint density at radius 1 is 0.455 bits per heavy atom. The fraction of sp³-hybridized carbons (Fsp3) is 0. The Morgan fingerprint density at radius 2 is 1.09 bits per heavy atom. The van der Waals surface area contributed by atoms with Crippen molar-refractivity contribution in [2.75, 3.05) is 4.90 Å². The summed E-state index contributed by atoms with van der Waals surface area (Å²) in [5.41, 5.74) is 7.91. The number of para-hydroxylation sites is 1. The van der Waals surface area contributed by atoms with Crippen LogP contribution in [-0.2, 0) is 0 Å². The zero-order valence-corrected chi connectivity index (χ0v) is 23.7. The van der Waals surface area contributed by atoms with Crippen molar-refractivity contribution in [3.8, 4) is 11.1 Å². The number of benzene rings is 6. The molecule has 0 aliphatic heterocycles. The molecule has 0 fully saturated rings. The maximum atomic E-state index is 6.38. The summed E-state index contributed by atoms with van der Waals surface area (Å²) in [6, 6.07) is 49.3. The number of pyridine rings is 2. The van der Waals surface area contributed by atoms with E-state index in [1.54, 1.807) is 0 Å². The molecule has 9 rings (SSSR count). The number of aromatic nitrogens is 2. The van der Waals surface area contributed by atoms with Crippen LogP contribution in [-0.4, -0.2) is 9.97 Å². The van der Waals surface area contributed by atoms with Gasteiger partial charge in [0.15, 0.2) is 0 Å². The molecule has 0 spiro atoms. The van der Waals surface area contributed by atoms with Crippen LogP contribution in [0.3, 0.4) is 0 Å². The zero-order valence-electron chi connectivity index (χ0n) is 23.7. The highest BCUT2D eigenvalue weighted by atomic mass is 16.3. The van der Waals surface area contributed by atoms with Crippen LogP contribution >= 0.6 is 0 Å². The summed E-state index contributed by atoms with van der Waals surface area (Å²) in [6.45, 7) is 0. The molecule has 3 aromatic heterocycles. The van der Waals surface area contributed by atoms with E-state index >= 15 is 0 Å². The Bertz CT molecular complexity index is 2520. The quantitative estimate of drug-likeness (QED) is 0.214. The summed E-state index contributed by atoms with van der Waals surface area (Å²) in [6.07, 6.45) is 3.67. The standard InChI is InChI=1S/C40H25N3O/c1-2-6-28-22-33(13-11-26(28)5-1)43(34-14-12-30-21-29(9-10-31(30)23-34)27-17-19-41-20-18-27)35-15-16-36-37-24-32-7-3-4-8-38(32)42-40(37)44-39(36)25-35/h1-25H. The second-order valence-corrected chi connectivity index (χ2v) is 11.2. The van der Waals surface area contributed by atoms with Gasteiger partial charge in [0.05, 0.1) is 5.52 Å². The van der Waals surface area contributed by atoms with E-state index in [4.69, 9.17) is 9.40 Å². The van der Waals surface area contributed by atoms with Crippen LogP contribution in [0.2, 0.25) is 0 Å². The number of anilines is 3. The Labute approximate surface area is 253 Å². The number of rotatable bonds is 4. The molecule has 0 saturated carbocycles. The maximum Gasteiger partial charge on any atom is 0.227 e. The average molecular weight is 564 g/mol. The topological polar surface area (TPSA) is 42.2 Å². The van der Waals surface area contributed by atoms with Gasteiger partial charge < -0.3 is 9.32 Å². The van der Waals surface area contributed by atoms with Gasteiger partial charge in [0.1, 0.15) is 5.58 Å². The highest BCUT2D eigenvalue weighted by Crippen LogP contribution is 2.40. The zero-order chi connectivity index (χ0) is 29.0. The van der Waals surface area contributed by atoms with Crippen molar-refractivity contribution >= 4 is 71.6 Å². The van der Waals surface area contributed by atoms with E-state index in [-0.39, 0.29) is 0 Å². The molecule has 44 heavy (non-hydrogen) atoms. The highest BCUT2D eigenvalue weighted by Gasteiger charge is 2.17. The van der Waals surface area contributed by atoms with Crippen LogP contribution in [0.15, 0.2) is 156 Å². The predicted octanol–water partition coefficient (Wildman–Crippen LogP) is 11.0. The van der Waals surface area contributed by atoms with Gasteiger partial charge in [0.25, 0.3) is 0 Å². The van der Waals surface area contributed by atoms with E-state index in [0.717, 1.165) is 49.9 Å². The maximum absolute atomic E-state index is 6.38. The van der Waals surface area contributed by atoms with Gasteiger partial charge in [0, 0.05) is 51.7 Å². The Kier molecular flexibility index (Phi) is 5.47. The Morgan fingerprint density at radius 3 is 1.93 bits per heavy atom. The monoisotopic (exact) mass is 563 g/mol. The molecule has 9 aromatic rings. The minimum Gasteiger partial charge on any atom is -0.438 e. The Hall–Kier alpha value is -6.00. The van der Waals surface area contributed by atoms with Gasteiger partial charge in [-0.15, -0.1) is 0 Å². The fourth-order valence-electron chi connectivity index (χ4n) is 6.29. The number of fused-ring (bicyclic) bond motifs is 6. The van der Waals surface area contributed by atoms with Crippen molar-refractivity contribution in [3.63, 3.8) is 0 Å². The molecule has 4 heteroatoms. The van der Waals surface area contributed by atoms with Crippen LogP contribution in [0.5, 0.6) is 0 Å². The molecule has 3 heterocycles. The van der Waals surface area contributed by atoms with E-state index in [9.17, 15) is 0 Å². The third kappa shape index (κ3) is 4.08. The molecule has 0 bridgehead atoms. The van der Waals surface area contributed by atoms with E-state index < -0.39 is 0 Å². The van der Waals surface area contributed by atoms with Gasteiger partial charge in [0.2, 0.25) is 5.71 Å². The molecule has 0 aliphatic rings. The van der Waals surface area contributed by atoms with Gasteiger partial charge in [-0.25, -0.2) is 4.98 Å². The first-order chi connectivity index (χ1) is 21.8. The molecule has 0 atom stereocenters. The SMILES string of the molecule is c1ccc2cc(N(c3ccc4cc(-c5ccncc5)ccc4c3)c3ccc4c(c3)oc3nc5ccccc5cc34)ccc2c1. The lowest BCUT2D eigenvalue weighted by Gasteiger charge is -2.26. The summed E-state index contributed by atoms with van der Waals surface area (Å²) >= 11 is 0. The van der Waals surface area contributed by atoms with Crippen molar-refractivity contribution in [1.29, 1.82) is 0 Å². The summed E-state index contributed by atoms with van der Waals surface area (Å²) in [5.74, 6) is 0. The van der Waals surface area contributed by atoms with Gasteiger partial charge in [-0.2, -0.15) is 0 Å². The number of nitrogens with zero attached hydrogens (tertiary/aromatic N) is 3. The van der Waals surface area contributed by atoms with E-state index in [1.165, 1.54) is 27.1 Å². The smallest absolute Gasteiger partial charge is 0.227 e. The summed E-state index contributed by atoms with van der Waals surface area (Å²) in [5, 5.41) is 7.95. The normalized spacial score (nSPS) is 11.6. The molecule has 0 unspecified atom stereocenters. The molecular formula is C40H25N3O. The van der Waals surface area contributed by atoms with Crippen molar-refractivity contribution < 1.29 is 4.42 Å². The van der Waals surface area contributed by atoms with Crippen LogP contribution < -0.4 is 4.90 Å². The number of hydrogen-bond acceptors (Lipinski definition) is 4.